The molecule has 0 saturated carbocycles. The Labute approximate surface area is 191 Å². The molecule has 3 aromatic rings. The van der Waals surface area contributed by atoms with Crippen LogP contribution < -0.4 is 9.47 Å². The lowest BCUT2D eigenvalue weighted by molar-refractivity contribution is -0.141. The first-order valence-electron chi connectivity index (χ1n) is 11.1. The molecule has 1 atom stereocenters. The Kier molecular flexibility index (Phi) is 5.67. The number of aromatic hydroxyl groups is 1. The summed E-state index contributed by atoms with van der Waals surface area (Å²) in [5, 5.41) is 9.86. The number of hydrogen-bond acceptors (Lipinski definition) is 5. The molecule has 33 heavy (non-hydrogen) atoms. The van der Waals surface area contributed by atoms with Crippen LogP contribution in [-0.4, -0.2) is 24.8 Å². The molecule has 0 aromatic heterocycles. The molecule has 0 bridgehead atoms. The topological polar surface area (TPSA) is 65.0 Å². The van der Waals surface area contributed by atoms with E-state index < -0.39 is 0 Å². The zero-order chi connectivity index (χ0) is 22.9. The first-order valence-corrected chi connectivity index (χ1v) is 11.1. The van der Waals surface area contributed by atoms with Gasteiger partial charge in [0.25, 0.3) is 0 Å². The Hall–Kier alpha value is -3.54. The van der Waals surface area contributed by atoms with Crippen LogP contribution in [0.1, 0.15) is 41.0 Å². The summed E-state index contributed by atoms with van der Waals surface area (Å²) < 4.78 is 31.3. The van der Waals surface area contributed by atoms with Crippen LogP contribution in [0.4, 0.5) is 4.39 Å². The fourth-order valence-electron chi connectivity index (χ4n) is 4.71. The summed E-state index contributed by atoms with van der Waals surface area (Å²) in [6.07, 6.45) is 2.81. The van der Waals surface area contributed by atoms with Gasteiger partial charge in [-0.25, -0.2) is 4.39 Å². The molecule has 2 aliphatic rings. The number of methoxy groups -OCH3 is 1. The van der Waals surface area contributed by atoms with Crippen molar-refractivity contribution in [3.8, 4) is 28.4 Å². The average molecular weight is 448 g/mol. The van der Waals surface area contributed by atoms with E-state index in [0.29, 0.717) is 23.7 Å². The predicted octanol–water partition coefficient (Wildman–Crippen LogP) is 5.31. The molecule has 1 heterocycles. The molecule has 5 nitrogen and oxygen atoms in total. The Morgan fingerprint density at radius 3 is 2.73 bits per heavy atom. The number of aryl methyl sites for hydroxylation is 2. The molecule has 1 N–H and O–H groups in total. The van der Waals surface area contributed by atoms with E-state index in [1.54, 1.807) is 24.3 Å². The summed E-state index contributed by atoms with van der Waals surface area (Å²) in [6.45, 7) is 0.499. The monoisotopic (exact) mass is 448 g/mol. The summed E-state index contributed by atoms with van der Waals surface area (Å²) in [7, 11) is 1.38. The summed E-state index contributed by atoms with van der Waals surface area (Å²) in [5.41, 5.74) is 5.49. The molecule has 170 valence electrons. The fourth-order valence-corrected chi connectivity index (χ4v) is 4.71. The molecule has 1 aliphatic heterocycles. The van der Waals surface area contributed by atoms with Crippen LogP contribution in [0.5, 0.6) is 17.2 Å². The molecule has 1 unspecified atom stereocenters. The van der Waals surface area contributed by atoms with E-state index in [9.17, 15) is 14.3 Å². The van der Waals surface area contributed by atoms with Crippen molar-refractivity contribution in [3.05, 3.63) is 76.6 Å². The smallest absolute Gasteiger partial charge is 0.306 e. The lowest BCUT2D eigenvalue weighted by Gasteiger charge is -2.14. The number of hydrogen-bond donors (Lipinski definition) is 1. The van der Waals surface area contributed by atoms with Gasteiger partial charge in [0.1, 0.15) is 29.7 Å². The van der Waals surface area contributed by atoms with Gasteiger partial charge in [-0.2, -0.15) is 0 Å². The minimum Gasteiger partial charge on any atom is -0.508 e. The van der Waals surface area contributed by atoms with Crippen molar-refractivity contribution >= 4 is 5.97 Å². The number of ether oxygens (including phenoxy) is 3. The molecule has 0 spiro atoms. The second-order valence-electron chi connectivity index (χ2n) is 8.57. The SMILES string of the molecule is COC(=O)CC1COc2cc(OCc3cc4c(cc3F)CCCc3cc(O)ccc3-4)ccc21. The summed E-state index contributed by atoms with van der Waals surface area (Å²) in [5.74, 6) is 0.905. The number of esters is 1. The third kappa shape index (κ3) is 4.25. The van der Waals surface area contributed by atoms with Crippen molar-refractivity contribution < 1.29 is 28.5 Å². The highest BCUT2D eigenvalue weighted by atomic mass is 19.1. The minimum absolute atomic E-state index is 0.0389. The number of phenolic OH excluding ortho intramolecular Hbond substituents is 1. The first kappa shape index (κ1) is 21.3. The van der Waals surface area contributed by atoms with Gasteiger partial charge in [-0.1, -0.05) is 12.1 Å². The number of fused-ring (bicyclic) bond motifs is 4. The van der Waals surface area contributed by atoms with Gasteiger partial charge >= 0.3 is 5.97 Å². The van der Waals surface area contributed by atoms with E-state index in [1.807, 2.05) is 24.3 Å². The highest BCUT2D eigenvalue weighted by Gasteiger charge is 2.27. The molecular formula is C27H25FO5. The van der Waals surface area contributed by atoms with Crippen molar-refractivity contribution in [1.82, 2.24) is 0 Å². The highest BCUT2D eigenvalue weighted by molar-refractivity contribution is 5.73. The van der Waals surface area contributed by atoms with Crippen LogP contribution >= 0.6 is 0 Å². The molecule has 6 heteroatoms. The second-order valence-corrected chi connectivity index (χ2v) is 8.57. The number of benzene rings is 3. The van der Waals surface area contributed by atoms with Gasteiger partial charge in [0, 0.05) is 23.1 Å². The lowest BCUT2D eigenvalue weighted by Crippen LogP contribution is -2.09. The maximum absolute atomic E-state index is 14.9. The number of halogens is 1. The maximum atomic E-state index is 14.9. The Morgan fingerprint density at radius 2 is 1.91 bits per heavy atom. The van der Waals surface area contributed by atoms with Crippen LogP contribution in [0.3, 0.4) is 0 Å². The zero-order valence-corrected chi connectivity index (χ0v) is 18.4. The maximum Gasteiger partial charge on any atom is 0.306 e. The summed E-state index contributed by atoms with van der Waals surface area (Å²) in [6, 6.07) is 14.3. The van der Waals surface area contributed by atoms with E-state index in [-0.39, 0.29) is 36.5 Å². The van der Waals surface area contributed by atoms with Gasteiger partial charge in [-0.05, 0) is 71.8 Å². The summed E-state index contributed by atoms with van der Waals surface area (Å²) >= 11 is 0. The van der Waals surface area contributed by atoms with Gasteiger partial charge in [0.15, 0.2) is 0 Å². The van der Waals surface area contributed by atoms with Crippen molar-refractivity contribution in [2.24, 2.45) is 0 Å². The van der Waals surface area contributed by atoms with E-state index in [0.717, 1.165) is 47.1 Å². The lowest BCUT2D eigenvalue weighted by atomic mass is 9.94. The molecular weight excluding hydrogens is 423 g/mol. The average Bonchev–Trinajstić information content (AvgIpc) is 3.11. The van der Waals surface area contributed by atoms with E-state index in [1.165, 1.54) is 7.11 Å². The van der Waals surface area contributed by atoms with Crippen LogP contribution in [-0.2, 0) is 29.0 Å². The quantitative estimate of drug-likeness (QED) is 0.536. The Balaban J connectivity index is 1.36. The molecule has 0 saturated heterocycles. The minimum atomic E-state index is -0.286. The molecule has 1 aliphatic carbocycles. The van der Waals surface area contributed by atoms with Crippen molar-refractivity contribution in [2.45, 2.75) is 38.2 Å². The van der Waals surface area contributed by atoms with E-state index in [2.05, 4.69) is 0 Å². The van der Waals surface area contributed by atoms with Gasteiger partial charge in [0.2, 0.25) is 0 Å². The normalized spacial score (nSPS) is 16.1. The third-order valence-corrected chi connectivity index (χ3v) is 6.44. The summed E-state index contributed by atoms with van der Waals surface area (Å²) in [4.78, 5) is 11.6. The zero-order valence-electron chi connectivity index (χ0n) is 18.4. The number of phenols is 1. The largest absolute Gasteiger partial charge is 0.508 e. The van der Waals surface area contributed by atoms with Crippen molar-refractivity contribution in [3.63, 3.8) is 0 Å². The second kappa shape index (κ2) is 8.77. The van der Waals surface area contributed by atoms with E-state index >= 15 is 0 Å². The molecule has 0 fully saturated rings. The predicted molar refractivity (Wildman–Crippen MR) is 121 cm³/mol. The standard InChI is InChI=1S/C27H25FO5/c1-31-27(30)12-18-14-33-26-13-21(6-8-23(18)26)32-15-19-10-24-17(11-25(19)28)4-2-3-16-9-20(29)5-7-22(16)24/h5-11,13,18,29H,2-4,12,14-15H2,1H3. The number of rotatable bonds is 5. The number of carbonyl (C=O) groups is 1. The molecule has 5 rings (SSSR count). The van der Waals surface area contributed by atoms with Crippen LogP contribution in [0, 0.1) is 5.82 Å². The third-order valence-electron chi connectivity index (χ3n) is 6.44. The van der Waals surface area contributed by atoms with E-state index in [4.69, 9.17) is 14.2 Å². The molecule has 0 radical (unpaired) electrons. The van der Waals surface area contributed by atoms with Crippen LogP contribution in [0.2, 0.25) is 0 Å². The van der Waals surface area contributed by atoms with Gasteiger partial charge in [-0.15, -0.1) is 0 Å². The molecule has 0 amide bonds. The first-order chi connectivity index (χ1) is 16.0. The van der Waals surface area contributed by atoms with Crippen LogP contribution in [0.25, 0.3) is 11.1 Å². The van der Waals surface area contributed by atoms with Crippen molar-refractivity contribution in [1.29, 1.82) is 0 Å². The van der Waals surface area contributed by atoms with Crippen molar-refractivity contribution in [2.75, 3.05) is 13.7 Å². The van der Waals surface area contributed by atoms with Gasteiger partial charge < -0.3 is 19.3 Å². The molecule has 3 aromatic carbocycles. The Bertz CT molecular complexity index is 1220. The highest BCUT2D eigenvalue weighted by Crippen LogP contribution is 2.39. The van der Waals surface area contributed by atoms with Crippen LogP contribution in [0.15, 0.2) is 48.5 Å². The Morgan fingerprint density at radius 1 is 1.09 bits per heavy atom. The van der Waals surface area contributed by atoms with Gasteiger partial charge in [0.05, 0.1) is 20.1 Å². The number of carbonyl (C=O) groups excluding carboxylic acids is 1. The van der Waals surface area contributed by atoms with Gasteiger partial charge in [-0.3, -0.25) is 4.79 Å². The fraction of sp³-hybridized carbons (Fsp3) is 0.296.